The van der Waals surface area contributed by atoms with Crippen LogP contribution in [0.15, 0.2) is 33.1 Å². The molecule has 0 saturated heterocycles. The standard InChI is InChI=1S/C12H15N5O4S2/c1-8-13-14-12(16(8)4)22-11-6-5-9(7-10(11)17(18)19)23(20,21)15(2)3/h5-7H,1-4H3. The number of nitro benzene ring substituents is 1. The molecular formula is C12H15N5O4S2. The highest BCUT2D eigenvalue weighted by molar-refractivity contribution is 7.99. The van der Waals surface area contributed by atoms with Gasteiger partial charge in [-0.05, 0) is 30.8 Å². The van der Waals surface area contributed by atoms with E-state index in [2.05, 4.69) is 10.2 Å². The van der Waals surface area contributed by atoms with Gasteiger partial charge in [0, 0.05) is 27.2 Å². The molecule has 0 fully saturated rings. The van der Waals surface area contributed by atoms with E-state index in [4.69, 9.17) is 0 Å². The smallest absolute Gasteiger partial charge is 0.284 e. The van der Waals surface area contributed by atoms with Crippen molar-refractivity contribution in [3.63, 3.8) is 0 Å². The molecule has 0 N–H and O–H groups in total. The van der Waals surface area contributed by atoms with E-state index in [9.17, 15) is 18.5 Å². The van der Waals surface area contributed by atoms with Crippen LogP contribution < -0.4 is 0 Å². The SMILES string of the molecule is Cc1nnc(Sc2ccc(S(=O)(=O)N(C)C)cc2[N+](=O)[O-])n1C. The molecule has 2 rings (SSSR count). The average molecular weight is 357 g/mol. The normalized spacial score (nSPS) is 11.9. The summed E-state index contributed by atoms with van der Waals surface area (Å²) in [6, 6.07) is 3.80. The summed E-state index contributed by atoms with van der Waals surface area (Å²) in [5.41, 5.74) is -0.293. The van der Waals surface area contributed by atoms with Crippen molar-refractivity contribution in [2.24, 2.45) is 7.05 Å². The van der Waals surface area contributed by atoms with Crippen LogP contribution in [0.5, 0.6) is 0 Å². The molecular weight excluding hydrogens is 342 g/mol. The second-order valence-electron chi connectivity index (χ2n) is 4.86. The van der Waals surface area contributed by atoms with Gasteiger partial charge in [-0.3, -0.25) is 10.1 Å². The third kappa shape index (κ3) is 3.35. The second-order valence-corrected chi connectivity index (χ2v) is 8.03. The molecule has 0 amide bonds. The van der Waals surface area contributed by atoms with Crippen LogP contribution >= 0.6 is 11.8 Å². The molecule has 1 heterocycles. The topological polar surface area (TPSA) is 111 Å². The van der Waals surface area contributed by atoms with Crippen LogP contribution in [0, 0.1) is 17.0 Å². The fourth-order valence-corrected chi connectivity index (χ4v) is 3.52. The Hall–Kier alpha value is -1.98. The van der Waals surface area contributed by atoms with Gasteiger partial charge in [-0.15, -0.1) is 10.2 Å². The molecule has 0 aliphatic carbocycles. The summed E-state index contributed by atoms with van der Waals surface area (Å²) in [7, 11) is 0.739. The minimum absolute atomic E-state index is 0.132. The lowest BCUT2D eigenvalue weighted by Gasteiger charge is -2.11. The Bertz CT molecular complexity index is 860. The van der Waals surface area contributed by atoms with Gasteiger partial charge < -0.3 is 4.57 Å². The van der Waals surface area contributed by atoms with Crippen molar-refractivity contribution >= 4 is 27.5 Å². The van der Waals surface area contributed by atoms with Crippen molar-refractivity contribution in [1.29, 1.82) is 0 Å². The maximum Gasteiger partial charge on any atom is 0.284 e. The highest BCUT2D eigenvalue weighted by Crippen LogP contribution is 2.35. The Labute approximate surface area is 137 Å². The first kappa shape index (κ1) is 17.4. The summed E-state index contributed by atoms with van der Waals surface area (Å²) in [5, 5.41) is 19.6. The molecule has 124 valence electrons. The van der Waals surface area contributed by atoms with Crippen LogP contribution in [-0.2, 0) is 17.1 Å². The molecule has 2 aromatic rings. The van der Waals surface area contributed by atoms with E-state index in [1.165, 1.54) is 26.2 Å². The van der Waals surface area contributed by atoms with E-state index in [1.807, 2.05) is 0 Å². The molecule has 0 spiro atoms. The highest BCUT2D eigenvalue weighted by atomic mass is 32.2. The number of benzene rings is 1. The molecule has 0 unspecified atom stereocenters. The predicted molar refractivity (Wildman–Crippen MR) is 83.8 cm³/mol. The molecule has 0 aliphatic rings. The quantitative estimate of drug-likeness (QED) is 0.588. The van der Waals surface area contributed by atoms with Gasteiger partial charge >= 0.3 is 0 Å². The van der Waals surface area contributed by atoms with Crippen molar-refractivity contribution in [2.75, 3.05) is 14.1 Å². The zero-order valence-electron chi connectivity index (χ0n) is 12.9. The molecule has 1 aromatic heterocycles. The van der Waals surface area contributed by atoms with Crippen molar-refractivity contribution in [2.45, 2.75) is 21.9 Å². The molecule has 9 nitrogen and oxygen atoms in total. The van der Waals surface area contributed by atoms with Crippen LogP contribution in [0.3, 0.4) is 0 Å². The van der Waals surface area contributed by atoms with Crippen LogP contribution in [0.25, 0.3) is 0 Å². The van der Waals surface area contributed by atoms with Gasteiger partial charge in [0.15, 0.2) is 5.16 Å². The number of aryl methyl sites for hydroxylation is 1. The number of rotatable bonds is 5. The third-order valence-corrected chi connectivity index (χ3v) is 6.07. The van der Waals surface area contributed by atoms with Crippen molar-refractivity contribution < 1.29 is 13.3 Å². The number of nitrogens with zero attached hydrogens (tertiary/aromatic N) is 5. The number of aromatic nitrogens is 3. The van der Waals surface area contributed by atoms with E-state index in [1.54, 1.807) is 18.5 Å². The minimum atomic E-state index is -3.74. The predicted octanol–water partition coefficient (Wildman–Crippen LogP) is 1.43. The Morgan fingerprint density at radius 1 is 1.30 bits per heavy atom. The van der Waals surface area contributed by atoms with Gasteiger partial charge in [0.05, 0.1) is 14.7 Å². The molecule has 0 aliphatic heterocycles. The Balaban J connectivity index is 2.50. The van der Waals surface area contributed by atoms with Crippen LogP contribution in [0.1, 0.15) is 5.82 Å². The van der Waals surface area contributed by atoms with Crippen LogP contribution in [-0.4, -0.2) is 46.5 Å². The van der Waals surface area contributed by atoms with Crippen molar-refractivity contribution in [3.05, 3.63) is 34.1 Å². The molecule has 1 aromatic carbocycles. The van der Waals surface area contributed by atoms with Gasteiger partial charge in [-0.1, -0.05) is 0 Å². The fourth-order valence-electron chi connectivity index (χ4n) is 1.67. The Kier molecular flexibility index (Phi) is 4.73. The average Bonchev–Trinajstić information content (AvgIpc) is 2.79. The van der Waals surface area contributed by atoms with Gasteiger partial charge in [0.1, 0.15) is 5.82 Å². The zero-order chi connectivity index (χ0) is 17.4. The fraction of sp³-hybridized carbons (Fsp3) is 0.333. The zero-order valence-corrected chi connectivity index (χ0v) is 14.6. The maximum absolute atomic E-state index is 12.1. The third-order valence-electron chi connectivity index (χ3n) is 3.16. The molecule has 0 saturated carbocycles. The number of sulfonamides is 1. The van der Waals surface area contributed by atoms with E-state index in [-0.39, 0.29) is 10.6 Å². The summed E-state index contributed by atoms with van der Waals surface area (Å²) in [4.78, 5) is 10.8. The first-order chi connectivity index (χ1) is 10.6. The molecule has 0 atom stereocenters. The van der Waals surface area contributed by atoms with Gasteiger partial charge in [-0.2, -0.15) is 0 Å². The summed E-state index contributed by atoms with van der Waals surface area (Å²) in [6.07, 6.45) is 0. The first-order valence-electron chi connectivity index (χ1n) is 6.39. The summed E-state index contributed by atoms with van der Waals surface area (Å²) < 4.78 is 26.9. The van der Waals surface area contributed by atoms with Gasteiger partial charge in [0.25, 0.3) is 5.69 Å². The Morgan fingerprint density at radius 3 is 2.43 bits per heavy atom. The van der Waals surface area contributed by atoms with E-state index < -0.39 is 14.9 Å². The van der Waals surface area contributed by atoms with Crippen molar-refractivity contribution in [3.8, 4) is 0 Å². The number of nitro groups is 1. The second kappa shape index (κ2) is 6.26. The molecule has 11 heteroatoms. The summed E-state index contributed by atoms with van der Waals surface area (Å²) >= 11 is 1.06. The summed E-state index contributed by atoms with van der Waals surface area (Å²) in [5.74, 6) is 0.668. The number of hydrogen-bond donors (Lipinski definition) is 0. The van der Waals surface area contributed by atoms with E-state index in [0.717, 1.165) is 22.1 Å². The lowest BCUT2D eigenvalue weighted by molar-refractivity contribution is -0.388. The van der Waals surface area contributed by atoms with E-state index >= 15 is 0 Å². The van der Waals surface area contributed by atoms with Crippen LogP contribution in [0.2, 0.25) is 0 Å². The summed E-state index contributed by atoms with van der Waals surface area (Å²) in [6.45, 7) is 1.76. The maximum atomic E-state index is 12.1. The minimum Gasteiger partial charge on any atom is -0.309 e. The van der Waals surface area contributed by atoms with Gasteiger partial charge in [-0.25, -0.2) is 12.7 Å². The van der Waals surface area contributed by atoms with Gasteiger partial charge in [0.2, 0.25) is 10.0 Å². The Morgan fingerprint density at radius 2 is 1.96 bits per heavy atom. The monoisotopic (exact) mass is 357 g/mol. The lowest BCUT2D eigenvalue weighted by Crippen LogP contribution is -2.22. The van der Waals surface area contributed by atoms with Crippen molar-refractivity contribution in [1.82, 2.24) is 19.1 Å². The highest BCUT2D eigenvalue weighted by Gasteiger charge is 2.24. The number of hydrogen-bond acceptors (Lipinski definition) is 7. The lowest BCUT2D eigenvalue weighted by atomic mass is 10.3. The van der Waals surface area contributed by atoms with Crippen LogP contribution in [0.4, 0.5) is 5.69 Å². The first-order valence-corrected chi connectivity index (χ1v) is 8.65. The largest absolute Gasteiger partial charge is 0.309 e. The molecule has 23 heavy (non-hydrogen) atoms. The molecule has 0 radical (unpaired) electrons. The molecule has 0 bridgehead atoms. The van der Waals surface area contributed by atoms with E-state index in [0.29, 0.717) is 15.9 Å².